The Bertz CT molecular complexity index is 459. The van der Waals surface area contributed by atoms with E-state index in [0.29, 0.717) is 12.1 Å². The van der Waals surface area contributed by atoms with E-state index in [4.69, 9.17) is 5.11 Å². The van der Waals surface area contributed by atoms with E-state index in [9.17, 15) is 19.7 Å². The summed E-state index contributed by atoms with van der Waals surface area (Å²) < 4.78 is 45.6. The highest BCUT2D eigenvalue weighted by atomic mass is 127. The topological polar surface area (TPSA) is 71.4 Å². The first-order valence-corrected chi connectivity index (χ1v) is 6.05. The second-order valence-corrected chi connectivity index (χ2v) is 4.59. The number of aromatic carboxylic acids is 1. The van der Waals surface area contributed by atoms with E-state index >= 15 is 0 Å². The van der Waals surface area contributed by atoms with Crippen molar-refractivity contribution in [1.29, 1.82) is 0 Å². The predicted octanol–water partition coefficient (Wildman–Crippen LogP) is 2.03. The Labute approximate surface area is 83.7 Å². The van der Waals surface area contributed by atoms with Gasteiger partial charge in [0.15, 0.2) is 0 Å². The highest BCUT2D eigenvalue weighted by molar-refractivity contribution is 14.2. The van der Waals surface area contributed by atoms with Gasteiger partial charge in [-0.15, -0.1) is 0 Å². The summed E-state index contributed by atoms with van der Waals surface area (Å²) in [5, 5.41) is 8.48. The molecule has 0 fully saturated rings. The average molecular weight is 316 g/mol. The van der Waals surface area contributed by atoms with Crippen molar-refractivity contribution in [2.75, 3.05) is 0 Å². The lowest BCUT2D eigenvalue weighted by atomic mass is 10.2. The standard InChI is InChI=1S/C7H3F2IO4/c8-3-1-4(7(11)12)6(10(13)14)5(9)2-3/h1-2H,(H,11,12). The van der Waals surface area contributed by atoms with Crippen LogP contribution in [0.15, 0.2) is 12.1 Å². The minimum absolute atomic E-state index is 0.335. The van der Waals surface area contributed by atoms with Gasteiger partial charge in [-0.2, -0.15) is 0 Å². The number of carboxylic acid groups (broad SMARTS) is 1. The summed E-state index contributed by atoms with van der Waals surface area (Å²) in [5.41, 5.74) is -0.863. The molecule has 1 N–H and O–H groups in total. The van der Waals surface area contributed by atoms with E-state index in [1.165, 1.54) is 0 Å². The lowest BCUT2D eigenvalue weighted by molar-refractivity contribution is 0.0694. The quantitative estimate of drug-likeness (QED) is 0.669. The number of benzene rings is 1. The van der Waals surface area contributed by atoms with E-state index in [2.05, 4.69) is 0 Å². The molecule has 0 radical (unpaired) electrons. The van der Waals surface area contributed by atoms with Gasteiger partial charge in [-0.05, 0) is 6.07 Å². The van der Waals surface area contributed by atoms with Gasteiger partial charge in [0.2, 0.25) is 0 Å². The van der Waals surface area contributed by atoms with Crippen LogP contribution in [0, 0.1) is 15.2 Å². The molecule has 0 bridgehead atoms. The number of carboxylic acids is 1. The Morgan fingerprint density at radius 2 is 1.86 bits per heavy atom. The molecule has 0 saturated carbocycles. The Hall–Kier alpha value is -1.12. The molecule has 76 valence electrons. The van der Waals surface area contributed by atoms with Crippen molar-refractivity contribution >= 4 is 25.8 Å². The van der Waals surface area contributed by atoms with Crippen molar-refractivity contribution in [3.63, 3.8) is 0 Å². The normalized spacial score (nSPS) is 10.5. The fourth-order valence-electron chi connectivity index (χ4n) is 0.868. The molecule has 0 saturated heterocycles. The van der Waals surface area contributed by atoms with Crippen LogP contribution in [0.2, 0.25) is 0 Å². The first kappa shape index (κ1) is 11.0. The molecule has 0 aliphatic carbocycles. The van der Waals surface area contributed by atoms with E-state index < -0.39 is 46.5 Å². The largest absolute Gasteiger partial charge is 0.478 e. The molecular formula is C7H3F2IO4. The van der Waals surface area contributed by atoms with E-state index in [1.54, 1.807) is 0 Å². The Kier molecular flexibility index (Phi) is 3.09. The zero-order valence-corrected chi connectivity index (χ0v) is 8.62. The maximum atomic E-state index is 12.9. The van der Waals surface area contributed by atoms with Crippen LogP contribution >= 0.6 is 19.8 Å². The molecule has 0 spiro atoms. The van der Waals surface area contributed by atoms with Gasteiger partial charge in [0, 0.05) is 6.07 Å². The van der Waals surface area contributed by atoms with Crippen LogP contribution in [-0.4, -0.2) is 11.1 Å². The Balaban J connectivity index is 3.60. The fraction of sp³-hybridized carbons (Fsp3) is 0. The zero-order chi connectivity index (χ0) is 10.9. The third kappa shape index (κ3) is 2.03. The summed E-state index contributed by atoms with van der Waals surface area (Å²) in [5.74, 6) is -4.16. The smallest absolute Gasteiger partial charge is 0.344 e. The van der Waals surface area contributed by atoms with Gasteiger partial charge in [-0.25, -0.2) is 19.7 Å². The summed E-state index contributed by atoms with van der Waals surface area (Å²) in [7, 11) is 0. The third-order valence-corrected chi connectivity index (χ3v) is 3.35. The molecule has 7 heteroatoms. The number of rotatable bonds is 2. The van der Waals surface area contributed by atoms with Crippen LogP contribution in [0.3, 0.4) is 0 Å². The van der Waals surface area contributed by atoms with Crippen molar-refractivity contribution in [2.24, 2.45) is 0 Å². The SMILES string of the molecule is O=C(O)c1cc(F)cc(F)c1I(=O)=O. The molecule has 0 unspecified atom stereocenters. The number of halogens is 3. The molecule has 1 aromatic carbocycles. The molecule has 1 rings (SSSR count). The van der Waals surface area contributed by atoms with Crippen LogP contribution in [-0.2, 0) is 6.14 Å². The molecule has 4 nitrogen and oxygen atoms in total. The van der Waals surface area contributed by atoms with Crippen LogP contribution in [0.25, 0.3) is 0 Å². The summed E-state index contributed by atoms with van der Waals surface area (Å²) in [6.07, 6.45) is 0. The molecule has 0 amide bonds. The molecule has 0 aliphatic rings. The third-order valence-electron chi connectivity index (χ3n) is 1.38. The molecule has 0 aliphatic heterocycles. The highest BCUT2D eigenvalue weighted by Crippen LogP contribution is 2.25. The monoisotopic (exact) mass is 316 g/mol. The summed E-state index contributed by atoms with van der Waals surface area (Å²) in [6.45, 7) is 0. The lowest BCUT2D eigenvalue weighted by Gasteiger charge is -1.99. The molecule has 1 aromatic rings. The van der Waals surface area contributed by atoms with Gasteiger partial charge < -0.3 is 5.11 Å². The van der Waals surface area contributed by atoms with Crippen LogP contribution in [0.5, 0.6) is 0 Å². The number of carbonyl (C=O) groups is 1. The molecule has 0 atom stereocenters. The van der Waals surface area contributed by atoms with Crippen molar-refractivity contribution in [3.8, 4) is 0 Å². The van der Waals surface area contributed by atoms with Crippen molar-refractivity contribution in [3.05, 3.63) is 32.9 Å². The Morgan fingerprint density at radius 1 is 1.29 bits per heavy atom. The van der Waals surface area contributed by atoms with Crippen LogP contribution in [0.1, 0.15) is 10.4 Å². The van der Waals surface area contributed by atoms with Gasteiger partial charge in [0.25, 0.3) is 0 Å². The van der Waals surface area contributed by atoms with E-state index in [-0.39, 0.29) is 0 Å². The second-order valence-electron chi connectivity index (χ2n) is 2.27. The second kappa shape index (κ2) is 3.95. The van der Waals surface area contributed by atoms with Crippen molar-refractivity contribution < 1.29 is 24.8 Å². The molecule has 0 heterocycles. The predicted molar refractivity (Wildman–Crippen MR) is 47.4 cm³/mol. The van der Waals surface area contributed by atoms with Gasteiger partial charge in [0.05, 0.1) is 5.56 Å². The van der Waals surface area contributed by atoms with Gasteiger partial charge in [0.1, 0.15) is 15.2 Å². The number of hydrogen-bond acceptors (Lipinski definition) is 3. The van der Waals surface area contributed by atoms with Gasteiger partial charge in [-0.1, -0.05) is 0 Å². The zero-order valence-electron chi connectivity index (χ0n) is 6.46. The van der Waals surface area contributed by atoms with Crippen molar-refractivity contribution in [1.82, 2.24) is 0 Å². The van der Waals surface area contributed by atoms with Crippen molar-refractivity contribution in [2.45, 2.75) is 0 Å². The summed E-state index contributed by atoms with van der Waals surface area (Å²) in [6, 6.07) is 0.809. The maximum Gasteiger partial charge on any atom is 0.344 e. The average Bonchev–Trinajstić information content (AvgIpc) is 2.01. The van der Waals surface area contributed by atoms with E-state index in [0.717, 1.165) is 0 Å². The number of hydrogen-bond donors (Lipinski definition) is 1. The Morgan fingerprint density at radius 3 is 2.29 bits per heavy atom. The first-order valence-electron chi connectivity index (χ1n) is 3.21. The first-order chi connectivity index (χ1) is 6.43. The summed E-state index contributed by atoms with van der Waals surface area (Å²) in [4.78, 5) is 10.4. The van der Waals surface area contributed by atoms with Crippen LogP contribution in [0.4, 0.5) is 8.78 Å². The lowest BCUT2D eigenvalue weighted by Crippen LogP contribution is -2.03. The fourth-order valence-corrected chi connectivity index (χ4v) is 2.31. The van der Waals surface area contributed by atoms with E-state index in [1.807, 2.05) is 0 Å². The molecular weight excluding hydrogens is 313 g/mol. The minimum atomic E-state index is -4.28. The van der Waals surface area contributed by atoms with Crippen LogP contribution < -0.4 is 0 Å². The van der Waals surface area contributed by atoms with Gasteiger partial charge >= 0.3 is 25.8 Å². The van der Waals surface area contributed by atoms with Gasteiger partial charge in [-0.3, -0.25) is 0 Å². The maximum absolute atomic E-state index is 12.9. The summed E-state index contributed by atoms with van der Waals surface area (Å²) >= 11 is -4.28. The molecule has 0 aromatic heterocycles. The molecule has 14 heavy (non-hydrogen) atoms. The minimum Gasteiger partial charge on any atom is -0.478 e. The highest BCUT2D eigenvalue weighted by Gasteiger charge is 2.20.